The fraction of sp³-hybridized carbons (Fsp3) is 0.977. The minimum Gasteiger partial charge on any atom is -0.394 e. The van der Waals surface area contributed by atoms with E-state index >= 15 is 0 Å². The highest BCUT2D eigenvalue weighted by atomic mass is 16.8. The zero-order chi connectivity index (χ0) is 60.1. The van der Waals surface area contributed by atoms with E-state index in [1.165, 1.54) is 0 Å². The van der Waals surface area contributed by atoms with E-state index < -0.39 is 267 Å². The molecule has 0 bridgehead atoms. The molecule has 0 spiro atoms. The number of carbonyl (C=O) groups excluding carboxylic acids is 1. The summed E-state index contributed by atoms with van der Waals surface area (Å²) in [5.41, 5.74) is 0. The first kappa shape index (κ1) is 68.2. The molecule has 0 aromatic rings. The molecule has 6 aliphatic rings. The van der Waals surface area contributed by atoms with E-state index in [2.05, 4.69) is 5.32 Å². The van der Waals surface area contributed by atoms with Crippen LogP contribution in [-0.4, -0.2) is 385 Å². The number of hydrogen-bond donors (Lipinski definition) is 24. The van der Waals surface area contributed by atoms with Gasteiger partial charge in [-0.05, 0) is 0 Å². The number of carbonyl (C=O) groups is 1. The number of amides is 1. The molecule has 1 amide bonds. The predicted octanol–water partition coefficient (Wildman–Crippen LogP) is -16.5. The molecule has 0 unspecified atom stereocenters. The summed E-state index contributed by atoms with van der Waals surface area (Å²) < 4.78 is 68.3. The Morgan fingerprint density at radius 1 is 0.395 bits per heavy atom. The first-order chi connectivity index (χ1) is 38.3. The molecule has 81 heavy (non-hydrogen) atoms. The molecule has 6 fully saturated rings. The summed E-state index contributed by atoms with van der Waals surface area (Å²) in [6.07, 6.45) is -68.5. The van der Waals surface area contributed by atoms with Crippen molar-refractivity contribution in [2.75, 3.05) is 52.9 Å². The summed E-state index contributed by atoms with van der Waals surface area (Å²) >= 11 is 0. The number of rotatable bonds is 24. The largest absolute Gasteiger partial charge is 0.394 e. The van der Waals surface area contributed by atoms with Crippen LogP contribution in [0.1, 0.15) is 6.92 Å². The summed E-state index contributed by atoms with van der Waals surface area (Å²) in [5, 5.41) is 249. The maximum Gasteiger partial charge on any atom is 0.217 e. The molecule has 474 valence electrons. The Morgan fingerprint density at radius 3 is 1.16 bits per heavy atom. The molecule has 34 atom stereocenters. The minimum absolute atomic E-state index is 0.822. The summed E-state index contributed by atoms with van der Waals surface area (Å²) in [5.74, 6) is -0.822. The van der Waals surface area contributed by atoms with E-state index in [0.29, 0.717) is 0 Å². The second-order valence-electron chi connectivity index (χ2n) is 20.1. The van der Waals surface area contributed by atoms with Gasteiger partial charge in [-0.1, -0.05) is 0 Å². The minimum atomic E-state index is -2.46. The van der Waals surface area contributed by atoms with Crippen LogP contribution in [0.4, 0.5) is 0 Å². The molecule has 6 saturated heterocycles. The molecule has 37 nitrogen and oxygen atoms in total. The molecule has 0 saturated carbocycles. The second-order valence-corrected chi connectivity index (χ2v) is 20.1. The molecule has 37 heteroatoms. The van der Waals surface area contributed by atoms with Crippen LogP contribution < -0.4 is 5.32 Å². The number of aliphatic hydroxyl groups is 23. The molecule has 6 aliphatic heterocycles. The number of aliphatic hydroxyl groups excluding tert-OH is 23. The normalized spacial score (nSPS) is 47.8. The van der Waals surface area contributed by atoms with Crippen LogP contribution in [0.5, 0.6) is 0 Å². The first-order valence-electron chi connectivity index (χ1n) is 25.6. The smallest absolute Gasteiger partial charge is 0.217 e. The van der Waals surface area contributed by atoms with Gasteiger partial charge in [-0.2, -0.15) is 0 Å². The molecule has 6 heterocycles. The van der Waals surface area contributed by atoms with Gasteiger partial charge in [0.25, 0.3) is 0 Å². The molecular formula is C44H77NO36. The lowest BCUT2D eigenvalue weighted by atomic mass is 9.95. The molecule has 6 rings (SSSR count). The third-order valence-corrected chi connectivity index (χ3v) is 14.6. The van der Waals surface area contributed by atoms with Crippen LogP contribution in [0.2, 0.25) is 0 Å². The van der Waals surface area contributed by atoms with Crippen molar-refractivity contribution in [3.63, 3.8) is 0 Å². The van der Waals surface area contributed by atoms with Crippen molar-refractivity contribution in [2.24, 2.45) is 0 Å². The highest BCUT2D eigenvalue weighted by Crippen LogP contribution is 2.37. The Balaban J connectivity index is 1.33. The summed E-state index contributed by atoms with van der Waals surface area (Å²) in [6.45, 7) is -7.42. The van der Waals surface area contributed by atoms with Crippen molar-refractivity contribution >= 4 is 5.91 Å². The van der Waals surface area contributed by atoms with Crippen LogP contribution in [0, 0.1) is 0 Å². The zero-order valence-corrected chi connectivity index (χ0v) is 42.9. The maximum atomic E-state index is 12.0. The van der Waals surface area contributed by atoms with Crippen molar-refractivity contribution in [3.8, 4) is 0 Å². The second kappa shape index (κ2) is 30.1. The van der Waals surface area contributed by atoms with E-state index in [1.54, 1.807) is 0 Å². The van der Waals surface area contributed by atoms with Gasteiger partial charge in [0.15, 0.2) is 37.7 Å². The van der Waals surface area contributed by atoms with Gasteiger partial charge in [-0.25, -0.2) is 0 Å². The fourth-order valence-electron chi connectivity index (χ4n) is 9.84. The van der Waals surface area contributed by atoms with Crippen LogP contribution >= 0.6 is 0 Å². The van der Waals surface area contributed by atoms with Gasteiger partial charge in [-0.3, -0.25) is 4.79 Å². The Labute approximate surface area is 458 Å². The van der Waals surface area contributed by atoms with Crippen LogP contribution in [-0.2, 0) is 61.6 Å². The average molecular weight is 1200 g/mol. The van der Waals surface area contributed by atoms with Crippen LogP contribution in [0.3, 0.4) is 0 Å². The molecule has 0 radical (unpaired) electrons. The van der Waals surface area contributed by atoms with Crippen molar-refractivity contribution in [1.29, 1.82) is 0 Å². The SMILES string of the molecule is CC(=O)N[C@@H](CO)[C@@H](O)[C@H](O[C@@H]1O[C@H](CO[C@H]2O[C@H](CO)[C@@H](O)[C@H](O[C@H]3O[C@H](CO)[C@@H](O)[C@H](O)[C@@H]3O)[C@@H]2O)[C@@H](O)[C@H](O[C@H]2O[C@H](CO)[C@@H](O)[C@H](O)[C@@H]2O[C@H]2O[C@H](CO)[C@@H](O)[C@H](O)[C@@H]2O[C@H]2O[C@H](CO)[C@@H](O)[C@H](O)[C@@H]2O)[C@@H]1O)[C@H](O)CO. The molecule has 0 aromatic carbocycles. The van der Waals surface area contributed by atoms with Crippen molar-refractivity contribution in [3.05, 3.63) is 0 Å². The number of ether oxygens (including phenoxy) is 12. The monoisotopic (exact) mass is 1200 g/mol. The van der Waals surface area contributed by atoms with Crippen molar-refractivity contribution in [1.82, 2.24) is 5.32 Å². The van der Waals surface area contributed by atoms with E-state index in [0.717, 1.165) is 6.92 Å². The molecular weight excluding hydrogens is 1120 g/mol. The van der Waals surface area contributed by atoms with Gasteiger partial charge in [-0.15, -0.1) is 0 Å². The quantitative estimate of drug-likeness (QED) is 0.0427. The summed E-state index contributed by atoms with van der Waals surface area (Å²) in [4.78, 5) is 12.0. The Morgan fingerprint density at radius 2 is 0.741 bits per heavy atom. The molecule has 24 N–H and O–H groups in total. The number of hydrogen-bond acceptors (Lipinski definition) is 36. The van der Waals surface area contributed by atoms with Crippen molar-refractivity contribution in [2.45, 2.75) is 216 Å². The lowest BCUT2D eigenvalue weighted by molar-refractivity contribution is -0.406. The van der Waals surface area contributed by atoms with Gasteiger partial charge in [0.2, 0.25) is 5.91 Å². The van der Waals surface area contributed by atoms with Gasteiger partial charge >= 0.3 is 0 Å². The van der Waals surface area contributed by atoms with Crippen LogP contribution in [0.15, 0.2) is 0 Å². The maximum absolute atomic E-state index is 12.0. The van der Waals surface area contributed by atoms with Crippen LogP contribution in [0.25, 0.3) is 0 Å². The molecule has 0 aliphatic carbocycles. The van der Waals surface area contributed by atoms with Crippen molar-refractivity contribution < 1.29 is 179 Å². The first-order valence-corrected chi connectivity index (χ1v) is 25.6. The third kappa shape index (κ3) is 15.1. The summed E-state index contributed by atoms with van der Waals surface area (Å²) in [6, 6.07) is -1.67. The molecule has 0 aromatic heterocycles. The Hall–Kier alpha value is -1.93. The standard InChI is InChI=1S/C44H77NO36/c1-10(53)45-11(2-46)19(55)34(12(54)3-47)77-42-33(69)36(25(61)18(76-42)9-70-39-32(68)35(24(60)17(8-52)71-39)78-40-30(66)26(62)20(56)13(4-48)72-40)79-43-38(29(65)23(59)15(6-50)74-43)81-44-37(28(64)22(58)16(7-51)75-44)80-41-31(67)27(63)21(57)14(5-49)73-41/h11-44,46-52,54-69H,2-9H2,1H3,(H,45,53)/t11-,12+,13+,14+,15+,16+,17+,18+,19+,20+,21+,22+,23+,24+,25+,26-,27-,28-,29-,30-,31-,32-,33-,34+,35-,36-,37-,38-,39-,40+,41+,42-,43+,44+/m0/s1. The van der Waals surface area contributed by atoms with E-state index in [1.807, 2.05) is 0 Å². The van der Waals surface area contributed by atoms with E-state index in [9.17, 15) is 122 Å². The summed E-state index contributed by atoms with van der Waals surface area (Å²) in [7, 11) is 0. The lowest BCUT2D eigenvalue weighted by Gasteiger charge is -2.50. The Bertz CT molecular complexity index is 1890. The van der Waals surface area contributed by atoms with Gasteiger partial charge in [0, 0.05) is 6.92 Å². The Kier molecular flexibility index (Phi) is 25.4. The highest BCUT2D eigenvalue weighted by Gasteiger charge is 2.58. The van der Waals surface area contributed by atoms with Gasteiger partial charge in [0.1, 0.15) is 165 Å². The lowest BCUT2D eigenvalue weighted by Crippen LogP contribution is -2.68. The third-order valence-electron chi connectivity index (χ3n) is 14.6. The predicted molar refractivity (Wildman–Crippen MR) is 246 cm³/mol. The van der Waals surface area contributed by atoms with Gasteiger partial charge < -0.3 is 180 Å². The van der Waals surface area contributed by atoms with E-state index in [-0.39, 0.29) is 0 Å². The topological polar surface area (TPSA) is 605 Å². The zero-order valence-electron chi connectivity index (χ0n) is 42.9. The number of nitrogens with one attached hydrogen (secondary N) is 1. The highest BCUT2D eigenvalue weighted by molar-refractivity contribution is 5.73. The van der Waals surface area contributed by atoms with E-state index in [4.69, 9.17) is 56.8 Å². The fourth-order valence-corrected chi connectivity index (χ4v) is 9.84. The van der Waals surface area contributed by atoms with Gasteiger partial charge in [0.05, 0.1) is 58.9 Å². The average Bonchev–Trinajstić information content (AvgIpc) is 3.57.